The third-order valence-electron chi connectivity index (χ3n) is 2.91. The minimum Gasteiger partial charge on any atom is -0.295 e. The monoisotopic (exact) mass is 328 g/mol. The Morgan fingerprint density at radius 1 is 1.05 bits per heavy atom. The second-order valence-corrected chi connectivity index (χ2v) is 5.40. The van der Waals surface area contributed by atoms with Crippen LogP contribution in [0.3, 0.4) is 0 Å². The van der Waals surface area contributed by atoms with Gasteiger partial charge in [-0.15, -0.1) is 11.6 Å². The standard InChI is InChI=1S/C14H8Cl3FN2/c15-7-14-19-12-2-1-10(18)6-13(12)20(14)11-4-8(16)3-9(17)5-11/h1-6H,7H2. The predicted octanol–water partition coefficient (Wildman–Crippen LogP) is 5.21. The van der Waals surface area contributed by atoms with Gasteiger partial charge in [-0.3, -0.25) is 4.57 Å². The zero-order valence-electron chi connectivity index (χ0n) is 10.1. The lowest BCUT2D eigenvalue weighted by molar-refractivity contribution is 0.629. The number of alkyl halides is 1. The maximum atomic E-state index is 13.5. The summed E-state index contributed by atoms with van der Waals surface area (Å²) < 4.78 is 15.2. The highest BCUT2D eigenvalue weighted by Crippen LogP contribution is 2.27. The topological polar surface area (TPSA) is 17.8 Å². The number of aromatic nitrogens is 2. The number of halogens is 4. The highest BCUT2D eigenvalue weighted by atomic mass is 35.5. The Kier molecular flexibility index (Phi) is 3.59. The van der Waals surface area contributed by atoms with Crippen LogP contribution in [0.2, 0.25) is 10.0 Å². The molecule has 0 aliphatic heterocycles. The van der Waals surface area contributed by atoms with Crippen molar-refractivity contribution in [2.75, 3.05) is 0 Å². The van der Waals surface area contributed by atoms with E-state index in [2.05, 4.69) is 4.98 Å². The van der Waals surface area contributed by atoms with Gasteiger partial charge >= 0.3 is 0 Å². The van der Waals surface area contributed by atoms with Crippen molar-refractivity contribution in [1.29, 1.82) is 0 Å². The molecular weight excluding hydrogens is 322 g/mol. The lowest BCUT2D eigenvalue weighted by Crippen LogP contribution is -1.99. The summed E-state index contributed by atoms with van der Waals surface area (Å²) in [5, 5.41) is 0.984. The molecule has 0 fully saturated rings. The van der Waals surface area contributed by atoms with Crippen molar-refractivity contribution in [3.8, 4) is 5.69 Å². The van der Waals surface area contributed by atoms with Gasteiger partial charge in [0.05, 0.1) is 22.6 Å². The summed E-state index contributed by atoms with van der Waals surface area (Å²) in [5.74, 6) is 0.457. The first-order chi connectivity index (χ1) is 9.58. The molecule has 0 bridgehead atoms. The molecule has 0 amide bonds. The molecule has 0 atom stereocenters. The van der Waals surface area contributed by atoms with Crippen molar-refractivity contribution in [1.82, 2.24) is 9.55 Å². The second kappa shape index (κ2) is 5.24. The number of fused-ring (bicyclic) bond motifs is 1. The minimum atomic E-state index is -0.340. The van der Waals surface area contributed by atoms with Crippen molar-refractivity contribution in [2.24, 2.45) is 0 Å². The zero-order valence-corrected chi connectivity index (χ0v) is 12.3. The van der Waals surface area contributed by atoms with Gasteiger partial charge in [-0.05, 0) is 30.3 Å². The average Bonchev–Trinajstić information content (AvgIpc) is 2.75. The van der Waals surface area contributed by atoms with Gasteiger partial charge in [0, 0.05) is 16.1 Å². The van der Waals surface area contributed by atoms with E-state index in [0.29, 0.717) is 32.6 Å². The molecule has 3 rings (SSSR count). The largest absolute Gasteiger partial charge is 0.295 e. The zero-order chi connectivity index (χ0) is 14.3. The normalized spacial score (nSPS) is 11.2. The summed E-state index contributed by atoms with van der Waals surface area (Å²) in [6.45, 7) is 0. The average molecular weight is 330 g/mol. The Morgan fingerprint density at radius 2 is 1.75 bits per heavy atom. The molecule has 0 spiro atoms. The molecule has 0 aliphatic rings. The van der Waals surface area contributed by atoms with Crippen LogP contribution in [-0.4, -0.2) is 9.55 Å². The quantitative estimate of drug-likeness (QED) is 0.590. The maximum absolute atomic E-state index is 13.5. The van der Waals surface area contributed by atoms with E-state index in [4.69, 9.17) is 34.8 Å². The van der Waals surface area contributed by atoms with Crippen LogP contribution < -0.4 is 0 Å². The fraction of sp³-hybridized carbons (Fsp3) is 0.0714. The Bertz CT molecular complexity index is 778. The summed E-state index contributed by atoms with van der Waals surface area (Å²) in [4.78, 5) is 4.39. The summed E-state index contributed by atoms with van der Waals surface area (Å²) >= 11 is 18.0. The molecular formula is C14H8Cl3FN2. The maximum Gasteiger partial charge on any atom is 0.129 e. The fourth-order valence-corrected chi connectivity index (χ4v) is 2.84. The molecule has 0 N–H and O–H groups in total. The van der Waals surface area contributed by atoms with Crippen LogP contribution in [0.4, 0.5) is 4.39 Å². The highest BCUT2D eigenvalue weighted by molar-refractivity contribution is 6.34. The van der Waals surface area contributed by atoms with Crippen LogP contribution in [0, 0.1) is 5.82 Å². The highest BCUT2D eigenvalue weighted by Gasteiger charge is 2.13. The Labute approximate surface area is 129 Å². The third-order valence-corrected chi connectivity index (χ3v) is 3.59. The van der Waals surface area contributed by atoms with E-state index in [1.807, 2.05) is 0 Å². The Balaban J connectivity index is 2.35. The lowest BCUT2D eigenvalue weighted by Gasteiger charge is -2.09. The molecule has 1 heterocycles. The van der Waals surface area contributed by atoms with Crippen molar-refractivity contribution in [3.63, 3.8) is 0 Å². The van der Waals surface area contributed by atoms with Gasteiger partial charge in [-0.2, -0.15) is 0 Å². The predicted molar refractivity (Wildman–Crippen MR) is 80.6 cm³/mol. The van der Waals surface area contributed by atoms with Crippen molar-refractivity contribution >= 4 is 45.8 Å². The van der Waals surface area contributed by atoms with E-state index in [1.165, 1.54) is 12.1 Å². The minimum absolute atomic E-state index is 0.195. The van der Waals surface area contributed by atoms with E-state index < -0.39 is 0 Å². The number of hydrogen-bond donors (Lipinski definition) is 0. The number of hydrogen-bond acceptors (Lipinski definition) is 1. The van der Waals surface area contributed by atoms with Crippen LogP contribution in [0.5, 0.6) is 0 Å². The molecule has 1 aromatic heterocycles. The van der Waals surface area contributed by atoms with E-state index >= 15 is 0 Å². The van der Waals surface area contributed by atoms with E-state index in [0.717, 1.165) is 0 Å². The van der Waals surface area contributed by atoms with Gasteiger partial charge in [0.2, 0.25) is 0 Å². The lowest BCUT2D eigenvalue weighted by atomic mass is 10.2. The number of imidazole rings is 1. The first-order valence-electron chi connectivity index (χ1n) is 5.78. The SMILES string of the molecule is Fc1ccc2nc(CCl)n(-c3cc(Cl)cc(Cl)c3)c2c1. The first kappa shape index (κ1) is 13.7. The molecule has 0 unspecified atom stereocenters. The van der Waals surface area contributed by atoms with Crippen molar-refractivity contribution in [2.45, 2.75) is 5.88 Å². The smallest absolute Gasteiger partial charge is 0.129 e. The van der Waals surface area contributed by atoms with Gasteiger partial charge in [-0.25, -0.2) is 9.37 Å². The molecule has 0 radical (unpaired) electrons. The van der Waals surface area contributed by atoms with Crippen LogP contribution in [0.25, 0.3) is 16.7 Å². The molecule has 6 heteroatoms. The summed E-state index contributed by atoms with van der Waals surface area (Å²) in [7, 11) is 0. The van der Waals surface area contributed by atoms with Crippen molar-refractivity contribution < 1.29 is 4.39 Å². The first-order valence-corrected chi connectivity index (χ1v) is 7.07. The number of nitrogens with zero attached hydrogens (tertiary/aromatic N) is 2. The number of rotatable bonds is 2. The van der Waals surface area contributed by atoms with E-state index in [-0.39, 0.29) is 11.7 Å². The fourth-order valence-electron chi connectivity index (χ4n) is 2.14. The van der Waals surface area contributed by atoms with Crippen LogP contribution in [-0.2, 0) is 5.88 Å². The molecule has 0 saturated heterocycles. The van der Waals surface area contributed by atoms with E-state index in [1.54, 1.807) is 28.8 Å². The van der Waals surface area contributed by atoms with Crippen molar-refractivity contribution in [3.05, 3.63) is 58.1 Å². The van der Waals surface area contributed by atoms with Crippen LogP contribution in [0.1, 0.15) is 5.82 Å². The van der Waals surface area contributed by atoms with Crippen LogP contribution >= 0.6 is 34.8 Å². The summed E-state index contributed by atoms with van der Waals surface area (Å²) in [6, 6.07) is 9.48. The molecule has 2 nitrogen and oxygen atoms in total. The Hall–Kier alpha value is -1.29. The van der Waals surface area contributed by atoms with E-state index in [9.17, 15) is 4.39 Å². The molecule has 20 heavy (non-hydrogen) atoms. The molecule has 0 aliphatic carbocycles. The number of benzene rings is 2. The molecule has 3 aromatic rings. The molecule has 102 valence electrons. The summed E-state index contributed by atoms with van der Waals surface area (Å²) in [6.07, 6.45) is 0. The Morgan fingerprint density at radius 3 is 2.40 bits per heavy atom. The summed E-state index contributed by atoms with van der Waals surface area (Å²) in [5.41, 5.74) is 1.99. The van der Waals surface area contributed by atoms with Gasteiger partial charge in [-0.1, -0.05) is 23.2 Å². The van der Waals surface area contributed by atoms with Gasteiger partial charge < -0.3 is 0 Å². The molecule has 0 saturated carbocycles. The van der Waals surface area contributed by atoms with Gasteiger partial charge in [0.1, 0.15) is 11.6 Å². The second-order valence-electron chi connectivity index (χ2n) is 4.26. The van der Waals surface area contributed by atoms with Crippen LogP contribution in [0.15, 0.2) is 36.4 Å². The molecule has 2 aromatic carbocycles. The van der Waals surface area contributed by atoms with Gasteiger partial charge in [0.15, 0.2) is 0 Å². The third kappa shape index (κ3) is 2.37. The van der Waals surface area contributed by atoms with Gasteiger partial charge in [0.25, 0.3) is 0 Å².